The van der Waals surface area contributed by atoms with Crippen molar-refractivity contribution in [3.8, 4) is 0 Å². The predicted molar refractivity (Wildman–Crippen MR) is 55.3 cm³/mol. The molecule has 76 valence electrons. The molecule has 14 heavy (non-hydrogen) atoms. The Bertz CT molecular complexity index is 368. The van der Waals surface area contributed by atoms with Crippen LogP contribution < -0.4 is 10.9 Å². The van der Waals surface area contributed by atoms with Gasteiger partial charge in [0, 0.05) is 26.0 Å². The van der Waals surface area contributed by atoms with Gasteiger partial charge in [-0.2, -0.15) is 0 Å². The Morgan fingerprint density at radius 3 is 3.14 bits per heavy atom. The Labute approximate surface area is 83.0 Å². The van der Waals surface area contributed by atoms with Crippen LogP contribution in [0.4, 0.5) is 5.82 Å². The third kappa shape index (κ3) is 2.13. The first-order chi connectivity index (χ1) is 6.77. The molecule has 0 amide bonds. The van der Waals surface area contributed by atoms with Crippen molar-refractivity contribution in [1.82, 2.24) is 9.55 Å². The molecule has 1 N–H and O–H groups in total. The van der Waals surface area contributed by atoms with E-state index in [1.54, 1.807) is 19.4 Å². The summed E-state index contributed by atoms with van der Waals surface area (Å²) in [5.74, 6) is 1.35. The SMILES string of the molecule is Cn1ccnc(NCCC2CC2)c1=O. The second kappa shape index (κ2) is 3.82. The molecular formula is C10H15N3O. The Hall–Kier alpha value is -1.32. The van der Waals surface area contributed by atoms with E-state index < -0.39 is 0 Å². The molecule has 0 aliphatic heterocycles. The Kier molecular flexibility index (Phi) is 2.52. The van der Waals surface area contributed by atoms with Crippen molar-refractivity contribution < 1.29 is 0 Å². The van der Waals surface area contributed by atoms with E-state index in [9.17, 15) is 4.79 Å². The fraction of sp³-hybridized carbons (Fsp3) is 0.600. The van der Waals surface area contributed by atoms with Crippen molar-refractivity contribution in [3.05, 3.63) is 22.7 Å². The van der Waals surface area contributed by atoms with Crippen molar-refractivity contribution in [2.24, 2.45) is 13.0 Å². The monoisotopic (exact) mass is 193 g/mol. The molecule has 0 aromatic carbocycles. The molecule has 1 aromatic heterocycles. The van der Waals surface area contributed by atoms with Crippen LogP contribution in [-0.2, 0) is 7.05 Å². The zero-order valence-electron chi connectivity index (χ0n) is 8.36. The number of hydrogen-bond acceptors (Lipinski definition) is 3. The summed E-state index contributed by atoms with van der Waals surface area (Å²) in [6.07, 6.45) is 7.15. The minimum absolute atomic E-state index is 0.0525. The highest BCUT2D eigenvalue weighted by Crippen LogP contribution is 2.31. The van der Waals surface area contributed by atoms with Gasteiger partial charge in [-0.1, -0.05) is 12.8 Å². The molecular weight excluding hydrogens is 178 g/mol. The maximum Gasteiger partial charge on any atom is 0.293 e. The highest BCUT2D eigenvalue weighted by Gasteiger charge is 2.20. The number of nitrogens with one attached hydrogen (secondary N) is 1. The van der Waals surface area contributed by atoms with E-state index in [1.165, 1.54) is 17.4 Å². The van der Waals surface area contributed by atoms with Gasteiger partial charge in [0.15, 0.2) is 5.82 Å². The Morgan fingerprint density at radius 1 is 1.64 bits per heavy atom. The fourth-order valence-electron chi connectivity index (χ4n) is 1.42. The molecule has 0 unspecified atom stereocenters. The summed E-state index contributed by atoms with van der Waals surface area (Å²) in [5, 5.41) is 3.08. The summed E-state index contributed by atoms with van der Waals surface area (Å²) >= 11 is 0. The van der Waals surface area contributed by atoms with Crippen LogP contribution in [0.2, 0.25) is 0 Å². The zero-order valence-corrected chi connectivity index (χ0v) is 8.36. The summed E-state index contributed by atoms with van der Waals surface area (Å²) in [7, 11) is 1.73. The van der Waals surface area contributed by atoms with Gasteiger partial charge in [-0.05, 0) is 12.3 Å². The molecule has 0 radical (unpaired) electrons. The van der Waals surface area contributed by atoms with E-state index in [0.29, 0.717) is 5.82 Å². The number of anilines is 1. The zero-order chi connectivity index (χ0) is 9.97. The van der Waals surface area contributed by atoms with E-state index in [-0.39, 0.29) is 5.56 Å². The maximum atomic E-state index is 11.5. The van der Waals surface area contributed by atoms with E-state index in [1.807, 2.05) is 0 Å². The standard InChI is InChI=1S/C10H15N3O/c1-13-7-6-12-9(10(13)14)11-5-4-8-2-3-8/h6-8H,2-5H2,1H3,(H,11,12). The number of nitrogens with zero attached hydrogens (tertiary/aromatic N) is 2. The maximum absolute atomic E-state index is 11.5. The molecule has 0 saturated heterocycles. The van der Waals surface area contributed by atoms with Crippen molar-refractivity contribution in [2.75, 3.05) is 11.9 Å². The summed E-state index contributed by atoms with van der Waals surface area (Å²) in [4.78, 5) is 15.5. The molecule has 4 nitrogen and oxygen atoms in total. The lowest BCUT2D eigenvalue weighted by Crippen LogP contribution is -2.22. The van der Waals surface area contributed by atoms with Crippen LogP contribution in [0, 0.1) is 5.92 Å². The van der Waals surface area contributed by atoms with Crippen LogP contribution in [0.5, 0.6) is 0 Å². The summed E-state index contributed by atoms with van der Waals surface area (Å²) in [5.41, 5.74) is -0.0525. The lowest BCUT2D eigenvalue weighted by Gasteiger charge is -2.04. The Balaban J connectivity index is 1.94. The van der Waals surface area contributed by atoms with Gasteiger partial charge in [0.1, 0.15) is 0 Å². The van der Waals surface area contributed by atoms with Gasteiger partial charge in [-0.3, -0.25) is 4.79 Å². The third-order valence-corrected chi connectivity index (χ3v) is 2.56. The second-order valence-corrected chi connectivity index (χ2v) is 3.85. The summed E-state index contributed by atoms with van der Waals surface area (Å²) in [6.45, 7) is 0.858. The topological polar surface area (TPSA) is 46.9 Å². The molecule has 1 heterocycles. The molecule has 1 fully saturated rings. The summed E-state index contributed by atoms with van der Waals surface area (Å²) < 4.78 is 1.53. The van der Waals surface area contributed by atoms with Crippen LogP contribution in [0.15, 0.2) is 17.2 Å². The summed E-state index contributed by atoms with van der Waals surface area (Å²) in [6, 6.07) is 0. The van der Waals surface area contributed by atoms with Crippen LogP contribution in [0.1, 0.15) is 19.3 Å². The number of aryl methyl sites for hydroxylation is 1. The minimum atomic E-state index is -0.0525. The molecule has 4 heteroatoms. The molecule has 1 aliphatic rings. The van der Waals surface area contributed by atoms with Gasteiger partial charge < -0.3 is 9.88 Å². The van der Waals surface area contributed by atoms with Crippen molar-refractivity contribution in [1.29, 1.82) is 0 Å². The normalized spacial score (nSPS) is 15.5. The van der Waals surface area contributed by atoms with Crippen molar-refractivity contribution in [2.45, 2.75) is 19.3 Å². The molecule has 1 aliphatic carbocycles. The van der Waals surface area contributed by atoms with Gasteiger partial charge in [-0.15, -0.1) is 0 Å². The number of rotatable bonds is 4. The first-order valence-electron chi connectivity index (χ1n) is 5.03. The van der Waals surface area contributed by atoms with Crippen LogP contribution in [0.25, 0.3) is 0 Å². The van der Waals surface area contributed by atoms with Gasteiger partial charge in [0.05, 0.1) is 0 Å². The van der Waals surface area contributed by atoms with Gasteiger partial charge in [0.25, 0.3) is 5.56 Å². The largest absolute Gasteiger partial charge is 0.365 e. The van der Waals surface area contributed by atoms with Gasteiger partial charge in [-0.25, -0.2) is 4.98 Å². The molecule has 2 rings (SSSR count). The quantitative estimate of drug-likeness (QED) is 0.775. The van der Waals surface area contributed by atoms with E-state index in [4.69, 9.17) is 0 Å². The van der Waals surface area contributed by atoms with Crippen molar-refractivity contribution in [3.63, 3.8) is 0 Å². The van der Waals surface area contributed by atoms with Gasteiger partial charge in [0.2, 0.25) is 0 Å². The van der Waals surface area contributed by atoms with Crippen LogP contribution in [0.3, 0.4) is 0 Å². The van der Waals surface area contributed by atoms with Crippen molar-refractivity contribution >= 4 is 5.82 Å². The molecule has 0 bridgehead atoms. The lowest BCUT2D eigenvalue weighted by atomic mass is 10.3. The van der Waals surface area contributed by atoms with Crippen LogP contribution in [-0.4, -0.2) is 16.1 Å². The Morgan fingerprint density at radius 2 is 2.43 bits per heavy atom. The number of aromatic nitrogens is 2. The molecule has 1 aromatic rings. The third-order valence-electron chi connectivity index (χ3n) is 2.56. The van der Waals surface area contributed by atoms with E-state index in [2.05, 4.69) is 10.3 Å². The van der Waals surface area contributed by atoms with E-state index >= 15 is 0 Å². The first kappa shape index (κ1) is 9.24. The highest BCUT2D eigenvalue weighted by atomic mass is 16.1. The highest BCUT2D eigenvalue weighted by molar-refractivity contribution is 5.30. The molecule has 0 atom stereocenters. The van der Waals surface area contributed by atoms with Gasteiger partial charge >= 0.3 is 0 Å². The molecule has 0 spiro atoms. The minimum Gasteiger partial charge on any atom is -0.365 e. The van der Waals surface area contributed by atoms with E-state index in [0.717, 1.165) is 18.9 Å². The average Bonchev–Trinajstić information content (AvgIpc) is 2.96. The fourth-order valence-corrected chi connectivity index (χ4v) is 1.42. The first-order valence-corrected chi connectivity index (χ1v) is 5.03. The average molecular weight is 193 g/mol. The lowest BCUT2D eigenvalue weighted by molar-refractivity contribution is 0.752. The second-order valence-electron chi connectivity index (χ2n) is 3.85. The molecule has 1 saturated carbocycles. The van der Waals surface area contributed by atoms with Crippen LogP contribution >= 0.6 is 0 Å². The number of hydrogen-bond donors (Lipinski definition) is 1. The predicted octanol–water partition coefficient (Wildman–Crippen LogP) is 0.992. The smallest absolute Gasteiger partial charge is 0.293 e.